The quantitative estimate of drug-likeness (QED) is 0.731. The maximum atomic E-state index is 12.0. The number of rotatable bonds is 1. The molecule has 0 aliphatic carbocycles. The first kappa shape index (κ1) is 11.7. The predicted molar refractivity (Wildman–Crippen MR) is 73.7 cm³/mol. The summed E-state index contributed by atoms with van der Waals surface area (Å²) in [6, 6.07) is 17.3. The molecule has 1 heterocycles. The van der Waals surface area contributed by atoms with Gasteiger partial charge in [-0.2, -0.15) is 0 Å². The molecule has 3 nitrogen and oxygen atoms in total. The smallest absolute Gasteiger partial charge is 0.338 e. The molecule has 0 fully saturated rings. The van der Waals surface area contributed by atoms with Gasteiger partial charge in [0.25, 0.3) is 0 Å². The first-order valence-electron chi connectivity index (χ1n) is 6.22. The molecular weight excluding hydrogens is 238 g/mol. The van der Waals surface area contributed by atoms with Gasteiger partial charge in [-0.15, -0.1) is 0 Å². The standard InChI is InChI=1S/C16H13NO2/c18-16-14-9-5-4-8-13(14)15(17-10-11-19-16)12-6-2-1-3-7-12/h1-9H,10-11H2. The second-order valence-corrected chi connectivity index (χ2v) is 4.28. The fourth-order valence-corrected chi connectivity index (χ4v) is 2.17. The Morgan fingerprint density at radius 2 is 1.58 bits per heavy atom. The third-order valence-corrected chi connectivity index (χ3v) is 3.04. The Kier molecular flexibility index (Phi) is 3.11. The average molecular weight is 251 g/mol. The zero-order chi connectivity index (χ0) is 13.1. The fourth-order valence-electron chi connectivity index (χ4n) is 2.17. The van der Waals surface area contributed by atoms with Crippen molar-refractivity contribution in [2.45, 2.75) is 0 Å². The van der Waals surface area contributed by atoms with E-state index in [4.69, 9.17) is 4.74 Å². The Morgan fingerprint density at radius 3 is 2.37 bits per heavy atom. The molecule has 0 radical (unpaired) electrons. The van der Waals surface area contributed by atoms with Gasteiger partial charge in [0.15, 0.2) is 0 Å². The van der Waals surface area contributed by atoms with Crippen LogP contribution in [0.1, 0.15) is 21.5 Å². The highest BCUT2D eigenvalue weighted by molar-refractivity contribution is 6.17. The number of carbonyl (C=O) groups is 1. The van der Waals surface area contributed by atoms with Crippen molar-refractivity contribution in [2.75, 3.05) is 13.2 Å². The Balaban J connectivity index is 2.18. The van der Waals surface area contributed by atoms with Crippen molar-refractivity contribution in [1.29, 1.82) is 0 Å². The molecule has 0 amide bonds. The van der Waals surface area contributed by atoms with Gasteiger partial charge in [0.05, 0.1) is 17.8 Å². The second kappa shape index (κ2) is 5.06. The summed E-state index contributed by atoms with van der Waals surface area (Å²) in [5, 5.41) is 0. The normalized spacial score (nSPS) is 14.7. The second-order valence-electron chi connectivity index (χ2n) is 4.28. The van der Waals surface area contributed by atoms with Gasteiger partial charge in [-0.05, 0) is 6.07 Å². The lowest BCUT2D eigenvalue weighted by atomic mass is 9.97. The molecule has 0 unspecified atom stereocenters. The minimum atomic E-state index is -0.279. The van der Waals surface area contributed by atoms with E-state index in [-0.39, 0.29) is 5.97 Å². The van der Waals surface area contributed by atoms with Gasteiger partial charge in [-0.25, -0.2) is 4.79 Å². The summed E-state index contributed by atoms with van der Waals surface area (Å²) in [4.78, 5) is 16.5. The summed E-state index contributed by atoms with van der Waals surface area (Å²) < 4.78 is 5.15. The van der Waals surface area contributed by atoms with Crippen molar-refractivity contribution >= 4 is 11.7 Å². The Bertz CT molecular complexity index is 632. The molecule has 0 saturated carbocycles. The van der Waals surface area contributed by atoms with Crippen LogP contribution in [0.4, 0.5) is 0 Å². The van der Waals surface area contributed by atoms with Crippen molar-refractivity contribution in [3.8, 4) is 0 Å². The minimum Gasteiger partial charge on any atom is -0.460 e. The number of hydrogen-bond acceptors (Lipinski definition) is 3. The first-order valence-corrected chi connectivity index (χ1v) is 6.22. The molecule has 0 aromatic heterocycles. The van der Waals surface area contributed by atoms with Crippen LogP contribution in [0.15, 0.2) is 59.6 Å². The molecule has 1 aliphatic heterocycles. The van der Waals surface area contributed by atoms with Gasteiger partial charge < -0.3 is 4.74 Å². The number of hydrogen-bond donors (Lipinski definition) is 0. The van der Waals surface area contributed by atoms with Crippen LogP contribution in [-0.2, 0) is 4.74 Å². The molecule has 1 aliphatic rings. The van der Waals surface area contributed by atoms with Gasteiger partial charge in [0.2, 0.25) is 0 Å². The summed E-state index contributed by atoms with van der Waals surface area (Å²) in [5.41, 5.74) is 3.28. The number of esters is 1. The van der Waals surface area contributed by atoms with Gasteiger partial charge >= 0.3 is 5.97 Å². The highest BCUT2D eigenvalue weighted by atomic mass is 16.5. The van der Waals surface area contributed by atoms with E-state index < -0.39 is 0 Å². The predicted octanol–water partition coefficient (Wildman–Crippen LogP) is 2.69. The third-order valence-electron chi connectivity index (χ3n) is 3.04. The summed E-state index contributed by atoms with van der Waals surface area (Å²) in [5.74, 6) is -0.279. The van der Waals surface area contributed by atoms with Crippen LogP contribution >= 0.6 is 0 Å². The molecule has 2 aromatic carbocycles. The Morgan fingerprint density at radius 1 is 0.895 bits per heavy atom. The first-order chi connectivity index (χ1) is 9.36. The summed E-state index contributed by atoms with van der Waals surface area (Å²) in [7, 11) is 0. The molecule has 19 heavy (non-hydrogen) atoms. The molecule has 3 heteroatoms. The maximum absolute atomic E-state index is 12.0. The third kappa shape index (κ3) is 2.27. The molecule has 0 spiro atoms. The molecular formula is C16H13NO2. The van der Waals surface area contributed by atoms with Crippen LogP contribution in [0.25, 0.3) is 0 Å². The molecule has 94 valence electrons. The lowest BCUT2D eigenvalue weighted by Crippen LogP contribution is -2.18. The highest BCUT2D eigenvalue weighted by Crippen LogP contribution is 2.18. The van der Waals surface area contributed by atoms with Crippen LogP contribution < -0.4 is 0 Å². The monoisotopic (exact) mass is 251 g/mol. The van der Waals surface area contributed by atoms with Crippen LogP contribution in [-0.4, -0.2) is 24.8 Å². The van der Waals surface area contributed by atoms with Crippen LogP contribution in [0.2, 0.25) is 0 Å². The van der Waals surface area contributed by atoms with Crippen molar-refractivity contribution < 1.29 is 9.53 Å². The summed E-state index contributed by atoms with van der Waals surface area (Å²) in [6.07, 6.45) is 0. The summed E-state index contributed by atoms with van der Waals surface area (Å²) in [6.45, 7) is 0.813. The van der Waals surface area contributed by atoms with Crippen LogP contribution in [0.3, 0.4) is 0 Å². The lowest BCUT2D eigenvalue weighted by molar-refractivity contribution is 0.0515. The van der Waals surface area contributed by atoms with E-state index in [2.05, 4.69) is 4.99 Å². The molecule has 0 saturated heterocycles. The van der Waals surface area contributed by atoms with E-state index in [1.165, 1.54) is 0 Å². The van der Waals surface area contributed by atoms with Gasteiger partial charge in [0, 0.05) is 11.1 Å². The van der Waals surface area contributed by atoms with E-state index in [1.807, 2.05) is 48.5 Å². The van der Waals surface area contributed by atoms with Crippen LogP contribution in [0.5, 0.6) is 0 Å². The van der Waals surface area contributed by atoms with Crippen molar-refractivity contribution in [3.63, 3.8) is 0 Å². The average Bonchev–Trinajstić information content (AvgIpc) is 2.46. The molecule has 3 rings (SSSR count). The van der Waals surface area contributed by atoms with E-state index >= 15 is 0 Å². The number of cyclic esters (lactones) is 1. The van der Waals surface area contributed by atoms with Crippen molar-refractivity contribution in [3.05, 3.63) is 71.3 Å². The van der Waals surface area contributed by atoms with Gasteiger partial charge in [-0.3, -0.25) is 4.99 Å². The Labute approximate surface area is 111 Å². The molecule has 0 atom stereocenters. The maximum Gasteiger partial charge on any atom is 0.338 e. The number of aliphatic imine (C=N–C) groups is 1. The number of benzene rings is 2. The van der Waals surface area contributed by atoms with Gasteiger partial charge in [-0.1, -0.05) is 48.5 Å². The molecule has 2 aromatic rings. The fraction of sp³-hybridized carbons (Fsp3) is 0.125. The summed E-state index contributed by atoms with van der Waals surface area (Å²) >= 11 is 0. The number of carbonyl (C=O) groups excluding carboxylic acids is 1. The number of nitrogens with zero attached hydrogens (tertiary/aromatic N) is 1. The molecule has 0 N–H and O–H groups in total. The number of ether oxygens (including phenoxy) is 1. The zero-order valence-corrected chi connectivity index (χ0v) is 10.4. The minimum absolute atomic E-state index is 0.279. The number of fused-ring (bicyclic) bond motifs is 1. The van der Waals surface area contributed by atoms with E-state index in [0.717, 1.165) is 16.8 Å². The van der Waals surface area contributed by atoms with Gasteiger partial charge in [0.1, 0.15) is 6.61 Å². The van der Waals surface area contributed by atoms with Crippen molar-refractivity contribution in [1.82, 2.24) is 0 Å². The topological polar surface area (TPSA) is 38.7 Å². The zero-order valence-electron chi connectivity index (χ0n) is 10.4. The molecule has 0 bridgehead atoms. The Hall–Kier alpha value is -2.42. The van der Waals surface area contributed by atoms with E-state index in [9.17, 15) is 4.79 Å². The van der Waals surface area contributed by atoms with E-state index in [0.29, 0.717) is 18.7 Å². The SMILES string of the molecule is O=C1OCCN=C(c2ccccc2)c2ccccc21. The van der Waals surface area contributed by atoms with Crippen molar-refractivity contribution in [2.24, 2.45) is 4.99 Å². The highest BCUT2D eigenvalue weighted by Gasteiger charge is 2.19. The lowest BCUT2D eigenvalue weighted by Gasteiger charge is -2.15. The van der Waals surface area contributed by atoms with Crippen LogP contribution in [0, 0.1) is 0 Å². The largest absolute Gasteiger partial charge is 0.460 e. The van der Waals surface area contributed by atoms with E-state index in [1.54, 1.807) is 6.07 Å².